The highest BCUT2D eigenvalue weighted by Gasteiger charge is 2.14. The minimum atomic E-state index is -0.597. The van der Waals surface area contributed by atoms with E-state index in [1.165, 1.54) is 18.2 Å². The van der Waals surface area contributed by atoms with Crippen LogP contribution in [0.1, 0.15) is 15.9 Å². The van der Waals surface area contributed by atoms with Crippen molar-refractivity contribution in [1.29, 1.82) is 0 Å². The largest absolute Gasteiger partial charge is 0.457 e. The predicted molar refractivity (Wildman–Crippen MR) is 69.7 cm³/mol. The molecule has 5 nitrogen and oxygen atoms in total. The second kappa shape index (κ2) is 5.30. The first-order valence-corrected chi connectivity index (χ1v) is 5.58. The molecule has 2 aromatic carbocycles. The lowest BCUT2D eigenvalue weighted by atomic mass is 10.2. The van der Waals surface area contributed by atoms with E-state index in [2.05, 4.69) is 0 Å². The number of nitrogens with zero attached hydrogens (tertiary/aromatic N) is 1. The van der Waals surface area contributed by atoms with Gasteiger partial charge in [0, 0.05) is 6.07 Å². The fourth-order valence-electron chi connectivity index (χ4n) is 1.67. The maximum absolute atomic E-state index is 10.8. The Morgan fingerprint density at radius 3 is 2.53 bits per heavy atom. The highest BCUT2D eigenvalue weighted by Crippen LogP contribution is 2.27. The van der Waals surface area contributed by atoms with Gasteiger partial charge in [-0.3, -0.25) is 14.9 Å². The lowest BCUT2D eigenvalue weighted by Gasteiger charge is -2.06. The van der Waals surface area contributed by atoms with Crippen LogP contribution < -0.4 is 4.74 Å². The highest BCUT2D eigenvalue weighted by molar-refractivity contribution is 5.82. The molecule has 0 amide bonds. The van der Waals surface area contributed by atoms with Crippen molar-refractivity contribution in [2.24, 2.45) is 0 Å². The number of hydrogen-bond donors (Lipinski definition) is 0. The summed E-state index contributed by atoms with van der Waals surface area (Å²) in [5.41, 5.74) is 0.803. The number of carbonyl (C=O) groups excluding carboxylic acids is 1. The zero-order valence-electron chi connectivity index (χ0n) is 10.2. The molecular formula is C14H11NO4. The Balaban J connectivity index is 2.31. The number of benzene rings is 2. The Bertz CT molecular complexity index is 637. The van der Waals surface area contributed by atoms with Crippen molar-refractivity contribution in [3.63, 3.8) is 0 Å². The Hall–Kier alpha value is -2.69. The Morgan fingerprint density at radius 1 is 1.16 bits per heavy atom. The van der Waals surface area contributed by atoms with Crippen LogP contribution >= 0.6 is 0 Å². The summed E-state index contributed by atoms with van der Waals surface area (Å²) in [4.78, 5) is 20.9. The first kappa shape index (κ1) is 12.8. The Kier molecular flexibility index (Phi) is 3.56. The minimum absolute atomic E-state index is 0.00449. The van der Waals surface area contributed by atoms with Crippen molar-refractivity contribution in [3.8, 4) is 11.5 Å². The second-order valence-corrected chi connectivity index (χ2v) is 4.01. The van der Waals surface area contributed by atoms with Gasteiger partial charge >= 0.3 is 0 Å². The maximum atomic E-state index is 10.8. The lowest BCUT2D eigenvalue weighted by molar-refractivity contribution is -0.385. The van der Waals surface area contributed by atoms with Gasteiger partial charge in [-0.1, -0.05) is 12.1 Å². The number of ether oxygens (including phenoxy) is 1. The van der Waals surface area contributed by atoms with E-state index in [9.17, 15) is 14.9 Å². The average molecular weight is 257 g/mol. The fraction of sp³-hybridized carbons (Fsp3) is 0.0714. The topological polar surface area (TPSA) is 69.4 Å². The summed E-state index contributed by atoms with van der Waals surface area (Å²) in [6.07, 6.45) is 0.446. The number of hydrogen-bond acceptors (Lipinski definition) is 4. The van der Waals surface area contributed by atoms with E-state index >= 15 is 0 Å². The van der Waals surface area contributed by atoms with Crippen LogP contribution in [-0.2, 0) is 0 Å². The van der Waals surface area contributed by atoms with Gasteiger partial charge in [0.2, 0.25) is 0 Å². The standard InChI is InChI=1S/C14H11NO4/c1-10-3-2-4-12(7-10)19-13-5-6-14(15(17)18)11(8-13)9-16/h2-9H,1H3. The molecular weight excluding hydrogens is 246 g/mol. The molecule has 0 atom stereocenters. The van der Waals surface area contributed by atoms with Gasteiger partial charge in [0.25, 0.3) is 5.69 Å². The number of nitro benzene ring substituents is 1. The fourth-order valence-corrected chi connectivity index (χ4v) is 1.67. The van der Waals surface area contributed by atoms with Crippen LogP contribution in [-0.4, -0.2) is 11.2 Å². The minimum Gasteiger partial charge on any atom is -0.457 e. The molecule has 0 saturated carbocycles. The van der Waals surface area contributed by atoms with Crippen LogP contribution in [0.4, 0.5) is 5.69 Å². The molecule has 2 rings (SSSR count). The third kappa shape index (κ3) is 2.95. The molecule has 0 aliphatic carbocycles. The van der Waals surface area contributed by atoms with Gasteiger partial charge < -0.3 is 4.74 Å². The first-order valence-electron chi connectivity index (χ1n) is 5.58. The smallest absolute Gasteiger partial charge is 0.280 e. The van der Waals surface area contributed by atoms with Gasteiger partial charge in [0.05, 0.1) is 10.5 Å². The summed E-state index contributed by atoms with van der Waals surface area (Å²) >= 11 is 0. The molecule has 0 radical (unpaired) electrons. The van der Waals surface area contributed by atoms with E-state index < -0.39 is 4.92 Å². The molecule has 0 fully saturated rings. The van der Waals surface area contributed by atoms with Crippen molar-refractivity contribution < 1.29 is 14.5 Å². The monoisotopic (exact) mass is 257 g/mol. The molecule has 5 heteroatoms. The Morgan fingerprint density at radius 2 is 1.89 bits per heavy atom. The number of aldehydes is 1. The molecule has 0 spiro atoms. The third-order valence-corrected chi connectivity index (χ3v) is 2.55. The van der Waals surface area contributed by atoms with Gasteiger partial charge in [-0.2, -0.15) is 0 Å². The van der Waals surface area contributed by atoms with Crippen molar-refractivity contribution in [1.82, 2.24) is 0 Å². The van der Waals surface area contributed by atoms with E-state index in [0.29, 0.717) is 17.8 Å². The molecule has 0 N–H and O–H groups in total. The van der Waals surface area contributed by atoms with Gasteiger partial charge in [-0.05, 0) is 36.8 Å². The van der Waals surface area contributed by atoms with Gasteiger partial charge in [0.15, 0.2) is 6.29 Å². The highest BCUT2D eigenvalue weighted by atomic mass is 16.6. The molecule has 0 unspecified atom stereocenters. The quantitative estimate of drug-likeness (QED) is 0.477. The number of nitro groups is 1. The summed E-state index contributed by atoms with van der Waals surface area (Å²) in [6, 6.07) is 11.5. The molecule has 2 aromatic rings. The van der Waals surface area contributed by atoms with Crippen LogP contribution in [0.15, 0.2) is 42.5 Å². The summed E-state index contributed by atoms with van der Waals surface area (Å²) in [7, 11) is 0. The van der Waals surface area contributed by atoms with Gasteiger partial charge in [0.1, 0.15) is 11.5 Å². The summed E-state index contributed by atoms with van der Waals surface area (Å²) in [5.74, 6) is 1.00. The normalized spacial score (nSPS) is 9.95. The van der Waals surface area contributed by atoms with Crippen LogP contribution in [0.5, 0.6) is 11.5 Å². The molecule has 0 saturated heterocycles. The van der Waals surface area contributed by atoms with Crippen LogP contribution in [0.3, 0.4) is 0 Å². The van der Waals surface area contributed by atoms with Crippen LogP contribution in [0, 0.1) is 17.0 Å². The number of carbonyl (C=O) groups is 1. The third-order valence-electron chi connectivity index (χ3n) is 2.55. The second-order valence-electron chi connectivity index (χ2n) is 4.01. The summed E-state index contributed by atoms with van der Waals surface area (Å²) in [5, 5.41) is 10.7. The average Bonchev–Trinajstić information content (AvgIpc) is 2.38. The van der Waals surface area contributed by atoms with Crippen molar-refractivity contribution in [2.75, 3.05) is 0 Å². The Labute approximate surface area is 109 Å². The van der Waals surface area contributed by atoms with E-state index in [1.807, 2.05) is 25.1 Å². The molecule has 19 heavy (non-hydrogen) atoms. The van der Waals surface area contributed by atoms with E-state index in [1.54, 1.807) is 6.07 Å². The van der Waals surface area contributed by atoms with Crippen molar-refractivity contribution in [2.45, 2.75) is 6.92 Å². The van der Waals surface area contributed by atoms with E-state index in [-0.39, 0.29) is 11.3 Å². The molecule has 0 aliphatic rings. The van der Waals surface area contributed by atoms with Crippen LogP contribution in [0.2, 0.25) is 0 Å². The molecule has 0 aromatic heterocycles. The SMILES string of the molecule is Cc1cccc(Oc2ccc([N+](=O)[O-])c(C=O)c2)c1. The summed E-state index contributed by atoms with van der Waals surface area (Å²) in [6.45, 7) is 1.93. The molecule has 0 heterocycles. The molecule has 0 bridgehead atoms. The van der Waals surface area contributed by atoms with Crippen molar-refractivity contribution >= 4 is 12.0 Å². The lowest BCUT2D eigenvalue weighted by Crippen LogP contribution is -1.95. The zero-order valence-corrected chi connectivity index (χ0v) is 10.2. The van der Waals surface area contributed by atoms with Crippen molar-refractivity contribution in [3.05, 3.63) is 63.7 Å². The van der Waals surface area contributed by atoms with E-state index in [4.69, 9.17) is 4.74 Å². The molecule has 96 valence electrons. The number of aryl methyl sites for hydroxylation is 1. The van der Waals surface area contributed by atoms with E-state index in [0.717, 1.165) is 5.56 Å². The predicted octanol–water partition coefficient (Wildman–Crippen LogP) is 3.51. The van der Waals surface area contributed by atoms with Gasteiger partial charge in [-0.25, -0.2) is 0 Å². The first-order chi connectivity index (χ1) is 9.10. The molecule has 0 aliphatic heterocycles. The van der Waals surface area contributed by atoms with Gasteiger partial charge in [-0.15, -0.1) is 0 Å². The zero-order chi connectivity index (χ0) is 13.8. The van der Waals surface area contributed by atoms with Crippen LogP contribution in [0.25, 0.3) is 0 Å². The summed E-state index contributed by atoms with van der Waals surface area (Å²) < 4.78 is 5.55. The maximum Gasteiger partial charge on any atom is 0.280 e. The number of rotatable bonds is 4.